The Morgan fingerprint density at radius 2 is 2.12 bits per heavy atom. The summed E-state index contributed by atoms with van der Waals surface area (Å²) in [6.07, 6.45) is 0.252. The molecule has 0 aliphatic rings. The van der Waals surface area contributed by atoms with E-state index in [0.717, 1.165) is 5.56 Å². The number of anilines is 1. The van der Waals surface area contributed by atoms with Gasteiger partial charge in [0.2, 0.25) is 0 Å². The highest BCUT2D eigenvalue weighted by Crippen LogP contribution is 2.18. The van der Waals surface area contributed by atoms with Crippen LogP contribution in [0, 0.1) is 6.92 Å². The van der Waals surface area contributed by atoms with Gasteiger partial charge in [-0.1, -0.05) is 0 Å². The highest BCUT2D eigenvalue weighted by Gasteiger charge is 2.04. The van der Waals surface area contributed by atoms with Gasteiger partial charge in [-0.2, -0.15) is 8.42 Å². The van der Waals surface area contributed by atoms with Gasteiger partial charge in [-0.3, -0.25) is 4.55 Å². The fourth-order valence-corrected chi connectivity index (χ4v) is 1.65. The second kappa shape index (κ2) is 5.18. The van der Waals surface area contributed by atoms with Crippen molar-refractivity contribution in [3.8, 4) is 5.75 Å². The molecule has 16 heavy (non-hydrogen) atoms. The number of rotatable bonds is 5. The molecule has 0 amide bonds. The Balaban J connectivity index is 2.41. The lowest BCUT2D eigenvalue weighted by atomic mass is 10.2. The van der Waals surface area contributed by atoms with Crippen molar-refractivity contribution in [3.05, 3.63) is 23.8 Å². The highest BCUT2D eigenvalue weighted by atomic mass is 32.2. The second-order valence-electron chi connectivity index (χ2n) is 3.51. The molecule has 0 unspecified atom stereocenters. The minimum atomic E-state index is -3.89. The van der Waals surface area contributed by atoms with Gasteiger partial charge in [0.25, 0.3) is 10.1 Å². The highest BCUT2D eigenvalue weighted by molar-refractivity contribution is 7.85. The Labute approximate surface area is 95.0 Å². The largest absolute Gasteiger partial charge is 0.494 e. The van der Waals surface area contributed by atoms with Crippen LogP contribution in [0.3, 0.4) is 0 Å². The lowest BCUT2D eigenvalue weighted by molar-refractivity contribution is 0.316. The summed E-state index contributed by atoms with van der Waals surface area (Å²) in [5, 5.41) is 0. The molecule has 0 spiro atoms. The van der Waals surface area contributed by atoms with Crippen molar-refractivity contribution in [1.82, 2.24) is 0 Å². The van der Waals surface area contributed by atoms with E-state index in [0.29, 0.717) is 11.4 Å². The van der Waals surface area contributed by atoms with Crippen molar-refractivity contribution in [1.29, 1.82) is 0 Å². The topological polar surface area (TPSA) is 89.6 Å². The Morgan fingerprint density at radius 1 is 1.44 bits per heavy atom. The van der Waals surface area contributed by atoms with Crippen molar-refractivity contribution in [2.24, 2.45) is 0 Å². The first-order valence-electron chi connectivity index (χ1n) is 4.82. The van der Waals surface area contributed by atoms with Gasteiger partial charge in [-0.15, -0.1) is 0 Å². The number of hydrogen-bond donors (Lipinski definition) is 2. The molecule has 1 rings (SSSR count). The maximum atomic E-state index is 10.4. The molecule has 0 heterocycles. The van der Waals surface area contributed by atoms with Crippen molar-refractivity contribution in [3.63, 3.8) is 0 Å². The van der Waals surface area contributed by atoms with Gasteiger partial charge in [0.15, 0.2) is 0 Å². The van der Waals surface area contributed by atoms with Crippen LogP contribution in [0.1, 0.15) is 12.0 Å². The van der Waals surface area contributed by atoms with Crippen LogP contribution in [0.15, 0.2) is 18.2 Å². The molecule has 0 saturated heterocycles. The fraction of sp³-hybridized carbons (Fsp3) is 0.400. The number of benzene rings is 1. The molecule has 0 bridgehead atoms. The molecule has 5 nitrogen and oxygen atoms in total. The summed E-state index contributed by atoms with van der Waals surface area (Å²) in [7, 11) is -3.89. The van der Waals surface area contributed by atoms with Crippen molar-refractivity contribution >= 4 is 15.8 Å². The summed E-state index contributed by atoms with van der Waals surface area (Å²) in [5.41, 5.74) is 7.23. The second-order valence-corrected chi connectivity index (χ2v) is 5.08. The molecule has 0 fully saturated rings. The van der Waals surface area contributed by atoms with Crippen LogP contribution in [0.4, 0.5) is 5.69 Å². The van der Waals surface area contributed by atoms with E-state index < -0.39 is 10.1 Å². The predicted octanol–water partition coefficient (Wildman–Crippen LogP) is 1.23. The summed E-state index contributed by atoms with van der Waals surface area (Å²) in [5.74, 6) is 0.350. The van der Waals surface area contributed by atoms with Crippen LogP contribution >= 0.6 is 0 Å². The zero-order valence-electron chi connectivity index (χ0n) is 9.01. The molecular formula is C10H15NO4S. The van der Waals surface area contributed by atoms with Crippen molar-refractivity contribution in [2.45, 2.75) is 13.3 Å². The molecule has 0 aromatic heterocycles. The Bertz CT molecular complexity index is 456. The van der Waals surface area contributed by atoms with Crippen LogP contribution in [0.25, 0.3) is 0 Å². The van der Waals surface area contributed by atoms with Gasteiger partial charge in [0, 0.05) is 5.69 Å². The summed E-state index contributed by atoms with van der Waals surface area (Å²) in [6.45, 7) is 2.10. The van der Waals surface area contributed by atoms with Crippen LogP contribution in [-0.4, -0.2) is 25.3 Å². The number of ether oxygens (including phenoxy) is 1. The lowest BCUT2D eigenvalue weighted by Crippen LogP contribution is -2.08. The molecule has 0 aliphatic heterocycles. The van der Waals surface area contributed by atoms with Crippen molar-refractivity contribution < 1.29 is 17.7 Å². The number of nitrogen functional groups attached to an aromatic ring is 1. The Hall–Kier alpha value is -1.27. The quantitative estimate of drug-likeness (QED) is 0.462. The first-order chi connectivity index (χ1) is 7.38. The minimum Gasteiger partial charge on any atom is -0.494 e. The van der Waals surface area contributed by atoms with Gasteiger partial charge < -0.3 is 10.5 Å². The van der Waals surface area contributed by atoms with E-state index in [1.165, 1.54) is 0 Å². The fourth-order valence-electron chi connectivity index (χ4n) is 1.17. The molecular weight excluding hydrogens is 230 g/mol. The summed E-state index contributed by atoms with van der Waals surface area (Å²) in [6, 6.07) is 5.23. The van der Waals surface area contributed by atoms with Crippen LogP contribution < -0.4 is 10.5 Å². The first-order valence-corrected chi connectivity index (χ1v) is 6.43. The zero-order valence-corrected chi connectivity index (χ0v) is 9.83. The number of aryl methyl sites for hydroxylation is 1. The van der Waals surface area contributed by atoms with Crippen LogP contribution in [0.2, 0.25) is 0 Å². The standard InChI is InChI=1S/C10H15NO4S/c1-8-7-9(3-4-10(8)11)15-5-2-6-16(12,13)14/h3-4,7H,2,5-6,11H2,1H3,(H,12,13,14). The lowest BCUT2D eigenvalue weighted by Gasteiger charge is -2.07. The summed E-state index contributed by atoms with van der Waals surface area (Å²) in [4.78, 5) is 0. The van der Waals surface area contributed by atoms with E-state index >= 15 is 0 Å². The molecule has 0 atom stereocenters. The normalized spacial score (nSPS) is 11.4. The van der Waals surface area contributed by atoms with E-state index in [-0.39, 0.29) is 18.8 Å². The number of nitrogens with two attached hydrogens (primary N) is 1. The molecule has 0 aliphatic carbocycles. The molecule has 3 N–H and O–H groups in total. The SMILES string of the molecule is Cc1cc(OCCCS(=O)(=O)O)ccc1N. The van der Waals surface area contributed by atoms with E-state index in [1.807, 2.05) is 6.92 Å². The number of hydrogen-bond acceptors (Lipinski definition) is 4. The third kappa shape index (κ3) is 4.50. The third-order valence-electron chi connectivity index (χ3n) is 2.06. The van der Waals surface area contributed by atoms with Gasteiger partial charge in [-0.05, 0) is 37.1 Å². The maximum Gasteiger partial charge on any atom is 0.264 e. The van der Waals surface area contributed by atoms with Gasteiger partial charge >= 0.3 is 0 Å². The summed E-state index contributed by atoms with van der Waals surface area (Å²) < 4.78 is 34.7. The van der Waals surface area contributed by atoms with Crippen LogP contribution in [0.5, 0.6) is 5.75 Å². The smallest absolute Gasteiger partial charge is 0.264 e. The van der Waals surface area contributed by atoms with Crippen molar-refractivity contribution in [2.75, 3.05) is 18.1 Å². The van der Waals surface area contributed by atoms with E-state index in [2.05, 4.69) is 0 Å². The average Bonchev–Trinajstić information content (AvgIpc) is 2.17. The zero-order chi connectivity index (χ0) is 12.2. The van der Waals surface area contributed by atoms with E-state index in [4.69, 9.17) is 15.0 Å². The van der Waals surface area contributed by atoms with Gasteiger partial charge in [0.05, 0.1) is 12.4 Å². The predicted molar refractivity (Wildman–Crippen MR) is 62.1 cm³/mol. The van der Waals surface area contributed by atoms with Gasteiger partial charge in [0.1, 0.15) is 5.75 Å². The van der Waals surface area contributed by atoms with Gasteiger partial charge in [-0.25, -0.2) is 0 Å². The molecule has 1 aromatic rings. The molecule has 0 radical (unpaired) electrons. The van der Waals surface area contributed by atoms with Crippen LogP contribution in [-0.2, 0) is 10.1 Å². The molecule has 1 aromatic carbocycles. The first kappa shape index (κ1) is 12.8. The van der Waals surface area contributed by atoms with E-state index in [9.17, 15) is 8.42 Å². The van der Waals surface area contributed by atoms with E-state index in [1.54, 1.807) is 18.2 Å². The summed E-state index contributed by atoms with van der Waals surface area (Å²) >= 11 is 0. The average molecular weight is 245 g/mol. The molecule has 6 heteroatoms. The molecule has 0 saturated carbocycles. The Morgan fingerprint density at radius 3 is 2.69 bits per heavy atom. The third-order valence-corrected chi connectivity index (χ3v) is 2.86. The molecule has 90 valence electrons. The Kier molecular flexibility index (Phi) is 4.14. The monoisotopic (exact) mass is 245 g/mol. The maximum absolute atomic E-state index is 10.4. The minimum absolute atomic E-state index is 0.239.